The van der Waals surface area contributed by atoms with Gasteiger partial charge in [-0.1, -0.05) is 18.2 Å². The Morgan fingerprint density at radius 2 is 2.12 bits per heavy atom. The van der Waals surface area contributed by atoms with E-state index in [0.29, 0.717) is 18.0 Å². The number of fused-ring (bicyclic) bond motifs is 1. The molecule has 24 heavy (non-hydrogen) atoms. The van der Waals surface area contributed by atoms with Gasteiger partial charge in [0.1, 0.15) is 5.82 Å². The lowest BCUT2D eigenvalue weighted by molar-refractivity contribution is -0.389. The third-order valence-corrected chi connectivity index (χ3v) is 4.42. The zero-order valence-electron chi connectivity index (χ0n) is 12.8. The van der Waals surface area contributed by atoms with Crippen molar-refractivity contribution in [1.29, 1.82) is 0 Å². The van der Waals surface area contributed by atoms with Crippen molar-refractivity contribution in [3.05, 3.63) is 70.2 Å². The van der Waals surface area contributed by atoms with Gasteiger partial charge in [-0.3, -0.25) is 0 Å². The topological polar surface area (TPSA) is 63.7 Å². The molecule has 0 amide bonds. The Balaban J connectivity index is 1.84. The van der Waals surface area contributed by atoms with Crippen LogP contribution < -0.4 is 4.90 Å². The summed E-state index contributed by atoms with van der Waals surface area (Å²) in [7, 11) is 0. The third-order valence-electron chi connectivity index (χ3n) is 4.42. The maximum atomic E-state index is 13.6. The molecule has 122 valence electrons. The number of pyridine rings is 1. The van der Waals surface area contributed by atoms with Crippen LogP contribution in [0.15, 0.2) is 48.7 Å². The summed E-state index contributed by atoms with van der Waals surface area (Å²) < 4.78 is 15.1. The SMILES string of the molecule is O=[N+]([O-])c1c(N2CCC[C@@H]2c2cccc(F)c2)nc2ccccn12. The number of hydrogen-bond donors (Lipinski definition) is 0. The highest BCUT2D eigenvalue weighted by Gasteiger charge is 2.34. The average Bonchev–Trinajstić information content (AvgIpc) is 3.19. The van der Waals surface area contributed by atoms with Gasteiger partial charge in [0.05, 0.1) is 12.2 Å². The van der Waals surface area contributed by atoms with Crippen LogP contribution in [0.4, 0.5) is 16.0 Å². The first-order valence-corrected chi connectivity index (χ1v) is 7.79. The van der Waals surface area contributed by atoms with E-state index < -0.39 is 4.92 Å². The third kappa shape index (κ3) is 2.29. The van der Waals surface area contributed by atoms with E-state index in [0.717, 1.165) is 18.4 Å². The molecule has 1 aliphatic rings. The Bertz CT molecular complexity index is 924. The molecular formula is C17H15FN4O2. The molecule has 0 radical (unpaired) electrons. The van der Waals surface area contributed by atoms with E-state index >= 15 is 0 Å². The second-order valence-corrected chi connectivity index (χ2v) is 5.85. The van der Waals surface area contributed by atoms with E-state index in [1.54, 1.807) is 30.5 Å². The Morgan fingerprint density at radius 1 is 1.25 bits per heavy atom. The molecule has 7 heteroatoms. The molecule has 1 saturated heterocycles. The van der Waals surface area contributed by atoms with Crippen LogP contribution in [0.2, 0.25) is 0 Å². The molecular weight excluding hydrogens is 311 g/mol. The molecule has 6 nitrogen and oxygen atoms in total. The number of nitro groups is 1. The van der Waals surface area contributed by atoms with E-state index in [1.165, 1.54) is 16.5 Å². The monoisotopic (exact) mass is 326 g/mol. The molecule has 2 aromatic heterocycles. The van der Waals surface area contributed by atoms with E-state index in [-0.39, 0.29) is 17.7 Å². The Kier molecular flexibility index (Phi) is 3.41. The summed E-state index contributed by atoms with van der Waals surface area (Å²) in [4.78, 5) is 17.6. The molecule has 0 N–H and O–H groups in total. The first-order valence-electron chi connectivity index (χ1n) is 7.79. The van der Waals surface area contributed by atoms with E-state index in [9.17, 15) is 14.5 Å². The van der Waals surface area contributed by atoms with Gasteiger partial charge in [-0.2, -0.15) is 9.38 Å². The van der Waals surface area contributed by atoms with Crippen molar-refractivity contribution in [2.24, 2.45) is 0 Å². The van der Waals surface area contributed by atoms with Crippen molar-refractivity contribution in [2.75, 3.05) is 11.4 Å². The number of rotatable bonds is 3. The number of imidazole rings is 1. The van der Waals surface area contributed by atoms with Gasteiger partial charge in [0.2, 0.25) is 11.5 Å². The number of hydrogen-bond acceptors (Lipinski definition) is 4. The molecule has 3 aromatic rings. The van der Waals surface area contributed by atoms with Crippen molar-refractivity contribution in [1.82, 2.24) is 9.38 Å². The fraction of sp³-hybridized carbons (Fsp3) is 0.235. The van der Waals surface area contributed by atoms with Gasteiger partial charge in [0.15, 0.2) is 0 Å². The van der Waals surface area contributed by atoms with E-state index in [2.05, 4.69) is 4.98 Å². The van der Waals surface area contributed by atoms with Crippen LogP contribution in [-0.2, 0) is 0 Å². The fourth-order valence-electron chi connectivity index (χ4n) is 3.41. The number of benzene rings is 1. The molecule has 0 aliphatic carbocycles. The molecule has 1 aliphatic heterocycles. The van der Waals surface area contributed by atoms with Crippen LogP contribution in [0.3, 0.4) is 0 Å². The molecule has 0 saturated carbocycles. The van der Waals surface area contributed by atoms with Crippen LogP contribution in [0.5, 0.6) is 0 Å². The Morgan fingerprint density at radius 3 is 2.92 bits per heavy atom. The molecule has 1 aromatic carbocycles. The Labute approximate surface area is 137 Å². The van der Waals surface area contributed by atoms with Crippen LogP contribution in [0, 0.1) is 15.9 Å². The van der Waals surface area contributed by atoms with E-state index in [1.807, 2.05) is 11.0 Å². The van der Waals surface area contributed by atoms with Crippen molar-refractivity contribution < 1.29 is 9.31 Å². The highest BCUT2D eigenvalue weighted by atomic mass is 19.1. The van der Waals surface area contributed by atoms with Gasteiger partial charge in [0.25, 0.3) is 0 Å². The minimum atomic E-state index is -0.406. The zero-order valence-corrected chi connectivity index (χ0v) is 12.8. The second-order valence-electron chi connectivity index (χ2n) is 5.85. The summed E-state index contributed by atoms with van der Waals surface area (Å²) in [6, 6.07) is 11.6. The van der Waals surface area contributed by atoms with Gasteiger partial charge in [-0.25, -0.2) is 4.39 Å². The van der Waals surface area contributed by atoms with Crippen LogP contribution in [0.1, 0.15) is 24.4 Å². The van der Waals surface area contributed by atoms with E-state index in [4.69, 9.17) is 0 Å². The number of aromatic nitrogens is 2. The molecule has 1 atom stereocenters. The number of nitrogens with zero attached hydrogens (tertiary/aromatic N) is 4. The summed E-state index contributed by atoms with van der Waals surface area (Å²) in [5.41, 5.74) is 1.35. The maximum Gasteiger partial charge on any atom is 0.372 e. The minimum Gasteiger partial charge on any atom is -0.358 e. The predicted octanol–water partition coefficient (Wildman–Crippen LogP) is 3.72. The van der Waals surface area contributed by atoms with Gasteiger partial charge in [0, 0.05) is 12.6 Å². The van der Waals surface area contributed by atoms with Crippen LogP contribution in [-0.4, -0.2) is 20.9 Å². The largest absolute Gasteiger partial charge is 0.372 e. The number of halogens is 1. The van der Waals surface area contributed by atoms with Gasteiger partial charge >= 0.3 is 5.82 Å². The molecule has 1 fully saturated rings. The predicted molar refractivity (Wildman–Crippen MR) is 87.6 cm³/mol. The van der Waals surface area contributed by atoms with Crippen molar-refractivity contribution in [3.8, 4) is 0 Å². The minimum absolute atomic E-state index is 0.0473. The summed E-state index contributed by atoms with van der Waals surface area (Å²) >= 11 is 0. The Hall–Kier alpha value is -2.96. The highest BCUT2D eigenvalue weighted by molar-refractivity contribution is 5.64. The molecule has 4 rings (SSSR count). The summed E-state index contributed by atoms with van der Waals surface area (Å²) in [6.45, 7) is 0.659. The standard InChI is InChI=1S/C17H15FN4O2/c18-13-6-3-5-12(11-13)14-7-4-10-20(14)16-17(22(23)24)21-9-2-1-8-15(21)19-16/h1-3,5-6,8-9,11,14H,4,7,10H2/t14-/m1/s1. The fourth-order valence-corrected chi connectivity index (χ4v) is 3.41. The average molecular weight is 326 g/mol. The van der Waals surface area contributed by atoms with Crippen molar-refractivity contribution >= 4 is 17.3 Å². The summed E-state index contributed by atoms with van der Waals surface area (Å²) in [6.07, 6.45) is 3.33. The van der Waals surface area contributed by atoms with Gasteiger partial charge in [-0.15, -0.1) is 0 Å². The quantitative estimate of drug-likeness (QED) is 0.543. The van der Waals surface area contributed by atoms with Gasteiger partial charge in [-0.05, 0) is 41.5 Å². The lowest BCUT2D eigenvalue weighted by Crippen LogP contribution is -2.23. The normalized spacial score (nSPS) is 17.5. The van der Waals surface area contributed by atoms with Crippen LogP contribution in [0.25, 0.3) is 5.65 Å². The van der Waals surface area contributed by atoms with Crippen LogP contribution >= 0.6 is 0 Å². The van der Waals surface area contributed by atoms with Crippen molar-refractivity contribution in [2.45, 2.75) is 18.9 Å². The summed E-state index contributed by atoms with van der Waals surface area (Å²) in [5.74, 6) is -0.00397. The summed E-state index contributed by atoms with van der Waals surface area (Å²) in [5, 5.41) is 11.6. The molecule has 3 heterocycles. The number of anilines is 1. The first kappa shape index (κ1) is 14.6. The molecule has 0 unspecified atom stereocenters. The second kappa shape index (κ2) is 5.59. The lowest BCUT2D eigenvalue weighted by Gasteiger charge is -2.24. The van der Waals surface area contributed by atoms with Crippen molar-refractivity contribution in [3.63, 3.8) is 0 Å². The van der Waals surface area contributed by atoms with Gasteiger partial charge < -0.3 is 15.0 Å². The maximum absolute atomic E-state index is 13.6. The first-order chi connectivity index (χ1) is 11.6. The highest BCUT2D eigenvalue weighted by Crippen LogP contribution is 2.40. The lowest BCUT2D eigenvalue weighted by atomic mass is 10.0. The smallest absolute Gasteiger partial charge is 0.358 e. The molecule has 0 spiro atoms. The molecule has 0 bridgehead atoms. The zero-order chi connectivity index (χ0) is 16.7.